The zero-order chi connectivity index (χ0) is 23.6. The van der Waals surface area contributed by atoms with Crippen molar-refractivity contribution < 1.29 is 22.4 Å². The summed E-state index contributed by atoms with van der Waals surface area (Å²) in [5, 5.41) is 4.23. The van der Waals surface area contributed by atoms with E-state index in [-0.39, 0.29) is 18.0 Å². The molecule has 2 heterocycles. The van der Waals surface area contributed by atoms with E-state index in [0.717, 1.165) is 6.20 Å². The molecule has 1 aromatic heterocycles. The van der Waals surface area contributed by atoms with Gasteiger partial charge in [0, 0.05) is 43.3 Å². The molecule has 1 aliphatic rings. The Hall–Kier alpha value is -2.91. The van der Waals surface area contributed by atoms with E-state index in [2.05, 4.69) is 5.10 Å². The lowest BCUT2D eigenvalue weighted by molar-refractivity contribution is -0.143. The van der Waals surface area contributed by atoms with Crippen LogP contribution in [0.4, 0.5) is 17.6 Å². The van der Waals surface area contributed by atoms with E-state index in [1.54, 1.807) is 18.2 Å². The minimum Gasteiger partial charge on any atom is -0.337 e. The smallest absolute Gasteiger partial charge is 0.337 e. The number of hydrogen-bond acceptors (Lipinski definition) is 3. The van der Waals surface area contributed by atoms with Crippen molar-refractivity contribution in [2.45, 2.75) is 19.1 Å². The van der Waals surface area contributed by atoms with Gasteiger partial charge in [-0.3, -0.25) is 9.69 Å². The Balaban J connectivity index is 1.54. The van der Waals surface area contributed by atoms with Crippen molar-refractivity contribution in [1.29, 1.82) is 0 Å². The fraction of sp³-hybridized carbons (Fsp3) is 0.304. The van der Waals surface area contributed by atoms with E-state index in [9.17, 15) is 22.4 Å². The molecule has 0 unspecified atom stereocenters. The second-order valence-corrected chi connectivity index (χ2v) is 8.24. The molecule has 0 atom stereocenters. The molecule has 1 fully saturated rings. The van der Waals surface area contributed by atoms with Crippen LogP contribution in [-0.2, 0) is 12.7 Å². The Morgan fingerprint density at radius 3 is 2.42 bits per heavy atom. The summed E-state index contributed by atoms with van der Waals surface area (Å²) in [6.45, 7) is 1.94. The maximum atomic E-state index is 14.0. The highest BCUT2D eigenvalue weighted by Crippen LogP contribution is 2.34. The fourth-order valence-electron chi connectivity index (χ4n) is 3.93. The maximum Gasteiger partial charge on any atom is 0.434 e. The fourth-order valence-corrected chi connectivity index (χ4v) is 4.05. The average Bonchev–Trinajstić information content (AvgIpc) is 3.10. The van der Waals surface area contributed by atoms with Gasteiger partial charge in [0.2, 0.25) is 0 Å². The zero-order valence-electron chi connectivity index (χ0n) is 17.5. The first-order valence-electron chi connectivity index (χ1n) is 10.4. The molecular weight excluding hydrogens is 460 g/mol. The number of alkyl halides is 3. The zero-order valence-corrected chi connectivity index (χ0v) is 18.3. The third-order valence-corrected chi connectivity index (χ3v) is 5.82. The van der Waals surface area contributed by atoms with Gasteiger partial charge in [0.1, 0.15) is 5.82 Å². The van der Waals surface area contributed by atoms with Gasteiger partial charge in [-0.2, -0.15) is 18.3 Å². The highest BCUT2D eigenvalue weighted by atomic mass is 35.5. The number of rotatable bonds is 4. The van der Waals surface area contributed by atoms with Gasteiger partial charge in [0.05, 0.1) is 17.4 Å². The van der Waals surface area contributed by atoms with Crippen molar-refractivity contribution in [2.24, 2.45) is 0 Å². The third-order valence-electron chi connectivity index (χ3n) is 5.57. The highest BCUT2D eigenvalue weighted by Gasteiger charge is 2.41. The van der Waals surface area contributed by atoms with Crippen molar-refractivity contribution >= 4 is 17.5 Å². The van der Waals surface area contributed by atoms with Gasteiger partial charge in [-0.25, -0.2) is 9.07 Å². The number of aromatic nitrogens is 2. The van der Waals surface area contributed by atoms with Gasteiger partial charge in [-0.05, 0) is 36.8 Å². The Bertz CT molecular complexity index is 1130. The summed E-state index contributed by atoms with van der Waals surface area (Å²) >= 11 is 5.84. The van der Waals surface area contributed by atoms with Crippen LogP contribution in [0.15, 0.2) is 54.7 Å². The molecule has 174 valence electrons. The summed E-state index contributed by atoms with van der Waals surface area (Å²) in [6, 6.07) is 12.2. The van der Waals surface area contributed by atoms with Gasteiger partial charge in [0.15, 0.2) is 5.69 Å². The van der Waals surface area contributed by atoms with E-state index in [1.807, 2.05) is 4.90 Å². The van der Waals surface area contributed by atoms with E-state index >= 15 is 0 Å². The molecule has 1 aliphatic heterocycles. The van der Waals surface area contributed by atoms with Crippen LogP contribution in [0.25, 0.3) is 5.69 Å². The summed E-state index contributed by atoms with van der Waals surface area (Å²) in [4.78, 5) is 16.5. The Morgan fingerprint density at radius 2 is 1.73 bits per heavy atom. The summed E-state index contributed by atoms with van der Waals surface area (Å²) in [5.41, 5.74) is -0.930. The highest BCUT2D eigenvalue weighted by molar-refractivity contribution is 6.30. The lowest BCUT2D eigenvalue weighted by Crippen LogP contribution is -2.36. The second kappa shape index (κ2) is 9.52. The first kappa shape index (κ1) is 23.3. The summed E-state index contributed by atoms with van der Waals surface area (Å²) in [6.07, 6.45) is -3.27. The number of carbonyl (C=O) groups is 1. The van der Waals surface area contributed by atoms with Gasteiger partial charge >= 0.3 is 6.18 Å². The first-order valence-corrected chi connectivity index (χ1v) is 10.8. The quantitative estimate of drug-likeness (QED) is 0.492. The first-order chi connectivity index (χ1) is 15.7. The number of halogens is 5. The van der Waals surface area contributed by atoms with E-state index < -0.39 is 23.3 Å². The van der Waals surface area contributed by atoms with Crippen molar-refractivity contribution in [2.75, 3.05) is 26.2 Å². The molecule has 0 saturated carbocycles. The standard InChI is InChI=1S/C23H21ClF4N4O/c24-17-6-8-18(9-7-17)32-21(23(26,27)28)19(14-29-32)22(33)31-11-3-10-30(12-13-31)15-16-4-1-2-5-20(16)25/h1-2,4-9,14H,3,10-13,15H2. The molecule has 3 aromatic rings. The van der Waals surface area contributed by atoms with Crippen LogP contribution >= 0.6 is 11.6 Å². The normalized spacial score (nSPS) is 15.5. The molecule has 0 N–H and O–H groups in total. The lowest BCUT2D eigenvalue weighted by atomic mass is 10.2. The minimum absolute atomic E-state index is 0.151. The predicted octanol–water partition coefficient (Wildman–Crippen LogP) is 5.03. The molecule has 5 nitrogen and oxygen atoms in total. The van der Waals surface area contributed by atoms with Crippen LogP contribution in [0.3, 0.4) is 0 Å². The van der Waals surface area contributed by atoms with E-state index in [1.165, 1.54) is 35.2 Å². The van der Waals surface area contributed by atoms with Crippen molar-refractivity contribution in [3.8, 4) is 5.69 Å². The molecule has 0 bridgehead atoms. The summed E-state index contributed by atoms with van der Waals surface area (Å²) in [5.74, 6) is -1.03. The van der Waals surface area contributed by atoms with Crippen LogP contribution in [0, 0.1) is 5.82 Å². The van der Waals surface area contributed by atoms with Crippen molar-refractivity contribution in [3.63, 3.8) is 0 Å². The number of hydrogen-bond donors (Lipinski definition) is 0. The Labute approximate surface area is 193 Å². The lowest BCUT2D eigenvalue weighted by Gasteiger charge is -2.22. The Kier molecular flexibility index (Phi) is 6.71. The van der Waals surface area contributed by atoms with Crippen LogP contribution < -0.4 is 0 Å². The molecule has 4 rings (SSSR count). The monoisotopic (exact) mass is 480 g/mol. The Morgan fingerprint density at radius 1 is 1.00 bits per heavy atom. The third kappa shape index (κ3) is 5.20. The van der Waals surface area contributed by atoms with E-state index in [4.69, 9.17) is 11.6 Å². The van der Waals surface area contributed by atoms with Gasteiger partial charge in [-0.15, -0.1) is 0 Å². The van der Waals surface area contributed by atoms with Crippen LogP contribution in [0.5, 0.6) is 0 Å². The topological polar surface area (TPSA) is 41.4 Å². The summed E-state index contributed by atoms with van der Waals surface area (Å²) < 4.78 is 56.6. The number of amides is 1. The number of carbonyl (C=O) groups excluding carboxylic acids is 1. The molecule has 10 heteroatoms. The molecule has 0 spiro atoms. The maximum absolute atomic E-state index is 14.0. The molecule has 0 aliphatic carbocycles. The van der Waals surface area contributed by atoms with Crippen LogP contribution in [0.2, 0.25) is 5.02 Å². The minimum atomic E-state index is -4.79. The predicted molar refractivity (Wildman–Crippen MR) is 116 cm³/mol. The molecule has 0 radical (unpaired) electrons. The van der Waals surface area contributed by atoms with Crippen LogP contribution in [-0.4, -0.2) is 51.7 Å². The van der Waals surface area contributed by atoms with E-state index in [0.29, 0.717) is 47.9 Å². The average molecular weight is 481 g/mol. The number of benzene rings is 2. The van der Waals surface area contributed by atoms with Crippen LogP contribution in [0.1, 0.15) is 28.0 Å². The molecule has 1 amide bonds. The molecule has 2 aromatic carbocycles. The van der Waals surface area contributed by atoms with Gasteiger partial charge < -0.3 is 4.90 Å². The van der Waals surface area contributed by atoms with Gasteiger partial charge in [-0.1, -0.05) is 29.8 Å². The molecule has 33 heavy (non-hydrogen) atoms. The molecule has 1 saturated heterocycles. The largest absolute Gasteiger partial charge is 0.434 e. The second-order valence-electron chi connectivity index (χ2n) is 7.81. The van der Waals surface area contributed by atoms with Crippen molar-refractivity contribution in [1.82, 2.24) is 19.6 Å². The number of nitrogens with zero attached hydrogens (tertiary/aromatic N) is 4. The summed E-state index contributed by atoms with van der Waals surface area (Å²) in [7, 11) is 0. The SMILES string of the molecule is O=C(c1cnn(-c2ccc(Cl)cc2)c1C(F)(F)F)N1CCCN(Cc2ccccc2F)CC1. The molecular formula is C23H21ClF4N4O. The van der Waals surface area contributed by atoms with Crippen molar-refractivity contribution in [3.05, 3.63) is 82.4 Å². The van der Waals surface area contributed by atoms with Gasteiger partial charge in [0.25, 0.3) is 5.91 Å².